The molecule has 0 heterocycles. The van der Waals surface area contributed by atoms with Crippen molar-refractivity contribution in [1.29, 1.82) is 0 Å². The van der Waals surface area contributed by atoms with E-state index in [1.165, 1.54) is 12.1 Å². The molecule has 0 spiro atoms. The maximum Gasteiger partial charge on any atom is 0.573 e. The highest BCUT2D eigenvalue weighted by molar-refractivity contribution is 5.33. The minimum Gasteiger partial charge on any atom is -0.406 e. The van der Waals surface area contributed by atoms with Crippen molar-refractivity contribution < 1.29 is 17.9 Å². The second-order valence-electron chi connectivity index (χ2n) is 5.14. The zero-order valence-corrected chi connectivity index (χ0v) is 10.7. The molecule has 0 radical (unpaired) electrons. The third kappa shape index (κ3) is 4.56. The molecule has 102 valence electrons. The Hall–Kier alpha value is -1.23. The molecule has 0 fully saturated rings. The molecule has 2 nitrogen and oxygen atoms in total. The largest absolute Gasteiger partial charge is 0.573 e. The molecule has 18 heavy (non-hydrogen) atoms. The Kier molecular flexibility index (Phi) is 4.27. The monoisotopic (exact) mass is 261 g/mol. The molecule has 1 unspecified atom stereocenters. The summed E-state index contributed by atoms with van der Waals surface area (Å²) in [5, 5.41) is 0. The fourth-order valence-electron chi connectivity index (χ4n) is 2.04. The average Bonchev–Trinajstić information content (AvgIpc) is 2.13. The third-order valence-electron chi connectivity index (χ3n) is 2.68. The lowest BCUT2D eigenvalue weighted by Crippen LogP contribution is -2.28. The van der Waals surface area contributed by atoms with Crippen molar-refractivity contribution in [2.24, 2.45) is 5.73 Å². The Bertz CT molecular complexity index is 399. The van der Waals surface area contributed by atoms with Gasteiger partial charge in [0.15, 0.2) is 0 Å². The quantitative estimate of drug-likeness (QED) is 0.898. The summed E-state index contributed by atoms with van der Waals surface area (Å²) in [6, 6.07) is 6.02. The number of rotatable bonds is 4. The van der Waals surface area contributed by atoms with Gasteiger partial charge in [0.05, 0.1) is 0 Å². The van der Waals surface area contributed by atoms with Crippen LogP contribution < -0.4 is 10.5 Å². The van der Waals surface area contributed by atoms with E-state index < -0.39 is 6.36 Å². The van der Waals surface area contributed by atoms with E-state index in [0.29, 0.717) is 6.42 Å². The van der Waals surface area contributed by atoms with Gasteiger partial charge in [-0.25, -0.2) is 0 Å². The Morgan fingerprint density at radius 3 is 2.39 bits per heavy atom. The molecule has 0 amide bonds. The standard InChI is InChI=1S/C13H18F3NO/c1-9(17)8-12(2,3)10-5-4-6-11(7-10)18-13(14,15)16/h4-7,9H,8,17H2,1-3H3. The van der Waals surface area contributed by atoms with Crippen LogP contribution in [0.25, 0.3) is 0 Å². The second-order valence-corrected chi connectivity index (χ2v) is 5.14. The summed E-state index contributed by atoms with van der Waals surface area (Å²) in [7, 11) is 0. The van der Waals surface area contributed by atoms with E-state index in [1.54, 1.807) is 12.1 Å². The zero-order valence-electron chi connectivity index (χ0n) is 10.7. The third-order valence-corrected chi connectivity index (χ3v) is 2.68. The molecule has 1 atom stereocenters. The molecule has 1 aromatic carbocycles. The minimum absolute atomic E-state index is 0.0211. The first-order chi connectivity index (χ1) is 8.10. The van der Waals surface area contributed by atoms with E-state index >= 15 is 0 Å². The van der Waals surface area contributed by atoms with Crippen LogP contribution in [0.15, 0.2) is 24.3 Å². The van der Waals surface area contributed by atoms with Gasteiger partial charge in [0.1, 0.15) is 5.75 Å². The average molecular weight is 261 g/mol. The molecule has 0 saturated heterocycles. The Morgan fingerprint density at radius 2 is 1.89 bits per heavy atom. The maximum absolute atomic E-state index is 12.1. The van der Waals surface area contributed by atoms with Gasteiger partial charge < -0.3 is 10.5 Å². The van der Waals surface area contributed by atoms with Gasteiger partial charge in [0.2, 0.25) is 0 Å². The summed E-state index contributed by atoms with van der Waals surface area (Å²) in [4.78, 5) is 0. The van der Waals surface area contributed by atoms with Crippen LogP contribution in [0, 0.1) is 0 Å². The first-order valence-corrected chi connectivity index (χ1v) is 5.72. The van der Waals surface area contributed by atoms with E-state index in [4.69, 9.17) is 5.73 Å². The van der Waals surface area contributed by atoms with Crippen LogP contribution in [0.1, 0.15) is 32.8 Å². The van der Waals surface area contributed by atoms with Gasteiger partial charge in [-0.3, -0.25) is 0 Å². The molecule has 0 aromatic heterocycles. The molecule has 1 aromatic rings. The summed E-state index contributed by atoms with van der Waals surface area (Å²) in [5.74, 6) is -0.197. The van der Waals surface area contributed by atoms with Crippen LogP contribution in [0.4, 0.5) is 13.2 Å². The van der Waals surface area contributed by atoms with Crippen molar-refractivity contribution in [1.82, 2.24) is 0 Å². The fourth-order valence-corrected chi connectivity index (χ4v) is 2.04. The van der Waals surface area contributed by atoms with E-state index in [-0.39, 0.29) is 17.2 Å². The van der Waals surface area contributed by atoms with E-state index in [9.17, 15) is 13.2 Å². The SMILES string of the molecule is CC(N)CC(C)(C)c1cccc(OC(F)(F)F)c1. The number of ether oxygens (including phenoxy) is 1. The van der Waals surface area contributed by atoms with Gasteiger partial charge in [-0.2, -0.15) is 0 Å². The second kappa shape index (κ2) is 5.18. The van der Waals surface area contributed by atoms with Crippen molar-refractivity contribution in [3.05, 3.63) is 29.8 Å². The highest BCUT2D eigenvalue weighted by Gasteiger charge is 2.31. The van der Waals surface area contributed by atoms with E-state index in [0.717, 1.165) is 5.56 Å². The predicted molar refractivity (Wildman–Crippen MR) is 64.4 cm³/mol. The molecule has 0 aliphatic rings. The number of alkyl halides is 3. The van der Waals surface area contributed by atoms with Crippen LogP contribution in [0.2, 0.25) is 0 Å². The van der Waals surface area contributed by atoms with Crippen molar-refractivity contribution >= 4 is 0 Å². The van der Waals surface area contributed by atoms with Crippen LogP contribution >= 0.6 is 0 Å². The van der Waals surface area contributed by atoms with Gasteiger partial charge in [-0.15, -0.1) is 13.2 Å². The fraction of sp³-hybridized carbons (Fsp3) is 0.538. The van der Waals surface area contributed by atoms with Gasteiger partial charge >= 0.3 is 6.36 Å². The number of halogens is 3. The van der Waals surface area contributed by atoms with Gasteiger partial charge in [0, 0.05) is 6.04 Å². The molecule has 0 saturated carbocycles. The van der Waals surface area contributed by atoms with Crippen LogP contribution in [0.5, 0.6) is 5.75 Å². The number of hydrogen-bond donors (Lipinski definition) is 1. The van der Waals surface area contributed by atoms with Crippen LogP contribution in [-0.2, 0) is 5.41 Å². The topological polar surface area (TPSA) is 35.2 Å². The van der Waals surface area contributed by atoms with Crippen molar-refractivity contribution in [2.75, 3.05) is 0 Å². The molecule has 5 heteroatoms. The summed E-state index contributed by atoms with van der Waals surface area (Å²) in [6.07, 6.45) is -3.98. The normalized spacial score (nSPS) is 14.4. The molecule has 0 aliphatic heterocycles. The van der Waals surface area contributed by atoms with Crippen molar-refractivity contribution in [2.45, 2.75) is 45.0 Å². The van der Waals surface area contributed by atoms with Crippen molar-refractivity contribution in [3.8, 4) is 5.75 Å². The summed E-state index contributed by atoms with van der Waals surface area (Å²) in [5.41, 5.74) is 6.23. The summed E-state index contributed by atoms with van der Waals surface area (Å²) < 4.78 is 40.3. The van der Waals surface area contributed by atoms with Gasteiger partial charge in [-0.1, -0.05) is 26.0 Å². The minimum atomic E-state index is -4.66. The first kappa shape index (κ1) is 14.8. The van der Waals surface area contributed by atoms with Gasteiger partial charge in [-0.05, 0) is 36.5 Å². The lowest BCUT2D eigenvalue weighted by Gasteiger charge is -2.27. The Labute approximate surface area is 105 Å². The zero-order chi connectivity index (χ0) is 14.0. The van der Waals surface area contributed by atoms with Crippen LogP contribution in [0.3, 0.4) is 0 Å². The highest BCUT2D eigenvalue weighted by Crippen LogP contribution is 2.32. The number of benzene rings is 1. The number of nitrogens with two attached hydrogens (primary N) is 1. The smallest absolute Gasteiger partial charge is 0.406 e. The van der Waals surface area contributed by atoms with Crippen LogP contribution in [-0.4, -0.2) is 12.4 Å². The summed E-state index contributed by atoms with van der Waals surface area (Å²) >= 11 is 0. The predicted octanol–water partition coefficient (Wildman–Crippen LogP) is 3.60. The molecular formula is C13H18F3NO. The lowest BCUT2D eigenvalue weighted by atomic mass is 9.79. The molecule has 0 bridgehead atoms. The highest BCUT2D eigenvalue weighted by atomic mass is 19.4. The molecule has 0 aliphatic carbocycles. The summed E-state index contributed by atoms with van der Waals surface area (Å²) in [6.45, 7) is 5.77. The van der Waals surface area contributed by atoms with Crippen molar-refractivity contribution in [3.63, 3.8) is 0 Å². The Balaban J connectivity index is 2.94. The maximum atomic E-state index is 12.1. The van der Waals surface area contributed by atoms with E-state index in [1.807, 2.05) is 20.8 Å². The molecular weight excluding hydrogens is 243 g/mol. The Morgan fingerprint density at radius 1 is 1.28 bits per heavy atom. The number of hydrogen-bond acceptors (Lipinski definition) is 2. The molecule has 1 rings (SSSR count). The lowest BCUT2D eigenvalue weighted by molar-refractivity contribution is -0.274. The van der Waals surface area contributed by atoms with Gasteiger partial charge in [0.25, 0.3) is 0 Å². The molecule has 2 N–H and O–H groups in total. The first-order valence-electron chi connectivity index (χ1n) is 5.72. The van der Waals surface area contributed by atoms with E-state index in [2.05, 4.69) is 4.74 Å².